The van der Waals surface area contributed by atoms with E-state index in [9.17, 15) is 4.79 Å². The Morgan fingerprint density at radius 1 is 1.58 bits per heavy atom. The van der Waals surface area contributed by atoms with Gasteiger partial charge in [-0.3, -0.25) is 9.69 Å². The van der Waals surface area contributed by atoms with Crippen LogP contribution in [0.5, 0.6) is 0 Å². The fraction of sp³-hybridized carbons (Fsp3) is 0.667. The minimum absolute atomic E-state index is 0.0894. The van der Waals surface area contributed by atoms with Crippen molar-refractivity contribution in [3.8, 4) is 0 Å². The molecule has 0 N–H and O–H groups in total. The van der Waals surface area contributed by atoms with Crippen LogP contribution in [0.1, 0.15) is 6.42 Å². The molecule has 2 atom stereocenters. The van der Waals surface area contributed by atoms with Crippen LogP contribution in [0.15, 0.2) is 12.7 Å². The summed E-state index contributed by atoms with van der Waals surface area (Å²) in [6.45, 7) is 5.51. The first-order valence-corrected chi connectivity index (χ1v) is 4.37. The first-order valence-electron chi connectivity index (χ1n) is 4.37. The summed E-state index contributed by atoms with van der Waals surface area (Å²) >= 11 is 0. The van der Waals surface area contributed by atoms with Crippen LogP contribution in [0.3, 0.4) is 0 Å². The number of amides is 1. The summed E-state index contributed by atoms with van der Waals surface area (Å²) in [5.74, 6) is 0.0894. The number of hydrogen-bond donors (Lipinski definition) is 0. The molecule has 0 aromatic heterocycles. The predicted molar refractivity (Wildman–Crippen MR) is 46.7 cm³/mol. The van der Waals surface area contributed by atoms with E-state index >= 15 is 0 Å². The Bertz CT molecular complexity index is 227. The van der Waals surface area contributed by atoms with Gasteiger partial charge in [-0.15, -0.1) is 0 Å². The van der Waals surface area contributed by atoms with Gasteiger partial charge in [0.1, 0.15) is 0 Å². The number of likely N-dealkylation sites (N-methyl/N-ethyl adjacent to an activating group) is 1. The number of likely N-dealkylation sites (tertiary alicyclic amines) is 2. The second-order valence-corrected chi connectivity index (χ2v) is 3.60. The van der Waals surface area contributed by atoms with E-state index in [1.54, 1.807) is 0 Å². The molecule has 2 aliphatic rings. The third-order valence-corrected chi connectivity index (χ3v) is 3.03. The summed E-state index contributed by atoms with van der Waals surface area (Å²) in [5.41, 5.74) is 0. The van der Waals surface area contributed by atoms with Gasteiger partial charge in [0.05, 0.1) is 6.04 Å². The van der Waals surface area contributed by atoms with Gasteiger partial charge in [0, 0.05) is 19.1 Å². The highest BCUT2D eigenvalue weighted by atomic mass is 16.2. The third kappa shape index (κ3) is 0.894. The van der Waals surface area contributed by atoms with E-state index in [1.165, 1.54) is 6.08 Å². The van der Waals surface area contributed by atoms with Gasteiger partial charge in [-0.25, -0.2) is 0 Å². The van der Waals surface area contributed by atoms with Gasteiger partial charge in [0.25, 0.3) is 0 Å². The van der Waals surface area contributed by atoms with E-state index < -0.39 is 0 Å². The van der Waals surface area contributed by atoms with Crippen LogP contribution in [0, 0.1) is 0 Å². The van der Waals surface area contributed by atoms with Gasteiger partial charge in [-0.2, -0.15) is 0 Å². The molecule has 0 saturated carbocycles. The average Bonchev–Trinajstić information content (AvgIpc) is 2.27. The standard InChI is InChI=1S/C9H14N2O/c1-3-9(12)11-6-8-7(11)4-5-10(8)2/h3,7-8H,1,4-6H2,2H3. The van der Waals surface area contributed by atoms with E-state index in [4.69, 9.17) is 0 Å². The summed E-state index contributed by atoms with van der Waals surface area (Å²) in [6, 6.07) is 1.09. The molecule has 0 radical (unpaired) electrons. The smallest absolute Gasteiger partial charge is 0.246 e. The molecule has 2 fully saturated rings. The SMILES string of the molecule is C=CC(=O)N1CC2C1CCN2C. The van der Waals surface area contributed by atoms with Crippen LogP contribution in [0.4, 0.5) is 0 Å². The summed E-state index contributed by atoms with van der Waals surface area (Å²) in [4.78, 5) is 15.5. The van der Waals surface area contributed by atoms with Gasteiger partial charge >= 0.3 is 0 Å². The zero-order valence-corrected chi connectivity index (χ0v) is 7.36. The second-order valence-electron chi connectivity index (χ2n) is 3.60. The van der Waals surface area contributed by atoms with Crippen LogP contribution >= 0.6 is 0 Å². The normalized spacial score (nSPS) is 34.2. The number of fused-ring (bicyclic) bond motifs is 1. The molecule has 2 heterocycles. The summed E-state index contributed by atoms with van der Waals surface area (Å²) < 4.78 is 0. The van der Waals surface area contributed by atoms with Gasteiger partial charge in [0.15, 0.2) is 0 Å². The second kappa shape index (κ2) is 2.59. The van der Waals surface area contributed by atoms with Crippen LogP contribution in [0.25, 0.3) is 0 Å². The van der Waals surface area contributed by atoms with Gasteiger partial charge < -0.3 is 4.90 Å². The minimum Gasteiger partial charge on any atom is -0.333 e. The van der Waals surface area contributed by atoms with E-state index in [1.807, 2.05) is 4.90 Å². The van der Waals surface area contributed by atoms with Gasteiger partial charge in [-0.1, -0.05) is 6.58 Å². The number of hydrogen-bond acceptors (Lipinski definition) is 2. The van der Waals surface area contributed by atoms with Crippen LogP contribution in [-0.4, -0.2) is 47.9 Å². The fourth-order valence-corrected chi connectivity index (χ4v) is 2.18. The van der Waals surface area contributed by atoms with Crippen molar-refractivity contribution < 1.29 is 4.79 Å². The molecule has 0 aromatic rings. The lowest BCUT2D eigenvalue weighted by Gasteiger charge is -2.45. The Morgan fingerprint density at radius 2 is 2.33 bits per heavy atom. The molecule has 0 bridgehead atoms. The van der Waals surface area contributed by atoms with Gasteiger partial charge in [-0.05, 0) is 19.5 Å². The van der Waals surface area contributed by atoms with Crippen molar-refractivity contribution in [3.05, 3.63) is 12.7 Å². The largest absolute Gasteiger partial charge is 0.333 e. The molecule has 2 unspecified atom stereocenters. The molecule has 2 rings (SSSR count). The highest BCUT2D eigenvalue weighted by molar-refractivity contribution is 5.88. The van der Waals surface area contributed by atoms with Crippen LogP contribution < -0.4 is 0 Å². The fourth-order valence-electron chi connectivity index (χ4n) is 2.18. The Balaban J connectivity index is 2.01. The first kappa shape index (κ1) is 7.80. The van der Waals surface area contributed by atoms with E-state index in [2.05, 4.69) is 18.5 Å². The maximum Gasteiger partial charge on any atom is 0.246 e. The zero-order chi connectivity index (χ0) is 8.72. The summed E-state index contributed by atoms with van der Waals surface area (Å²) in [7, 11) is 2.13. The number of carbonyl (C=O) groups is 1. The molecular formula is C9H14N2O. The lowest BCUT2D eigenvalue weighted by Crippen LogP contribution is -2.62. The van der Waals surface area contributed by atoms with Crippen molar-refractivity contribution in [1.29, 1.82) is 0 Å². The molecule has 2 saturated heterocycles. The van der Waals surface area contributed by atoms with Crippen molar-refractivity contribution in [2.75, 3.05) is 20.1 Å². The summed E-state index contributed by atoms with van der Waals surface area (Å²) in [6.07, 6.45) is 2.54. The Hall–Kier alpha value is -0.830. The molecule has 12 heavy (non-hydrogen) atoms. The lowest BCUT2D eigenvalue weighted by molar-refractivity contribution is -0.135. The Kier molecular flexibility index (Phi) is 1.68. The highest BCUT2D eigenvalue weighted by Gasteiger charge is 2.46. The van der Waals surface area contributed by atoms with Crippen LogP contribution in [-0.2, 0) is 4.79 Å². The first-order chi connectivity index (χ1) is 5.74. The van der Waals surface area contributed by atoms with Gasteiger partial charge in [0.2, 0.25) is 5.91 Å². The topological polar surface area (TPSA) is 23.6 Å². The van der Waals surface area contributed by atoms with Crippen molar-refractivity contribution in [1.82, 2.24) is 9.80 Å². The van der Waals surface area contributed by atoms with Crippen LogP contribution in [0.2, 0.25) is 0 Å². The maximum atomic E-state index is 11.2. The maximum absolute atomic E-state index is 11.2. The Labute approximate surface area is 72.6 Å². The van der Waals surface area contributed by atoms with Crippen molar-refractivity contribution in [2.24, 2.45) is 0 Å². The number of carbonyl (C=O) groups excluding carboxylic acids is 1. The van der Waals surface area contributed by atoms with E-state index in [-0.39, 0.29) is 5.91 Å². The number of rotatable bonds is 1. The molecule has 3 nitrogen and oxygen atoms in total. The van der Waals surface area contributed by atoms with E-state index in [0.717, 1.165) is 19.5 Å². The van der Waals surface area contributed by atoms with Crippen molar-refractivity contribution in [3.63, 3.8) is 0 Å². The molecule has 0 aliphatic carbocycles. The lowest BCUT2D eigenvalue weighted by atomic mass is 9.97. The molecule has 0 aromatic carbocycles. The zero-order valence-electron chi connectivity index (χ0n) is 7.36. The quantitative estimate of drug-likeness (QED) is 0.515. The third-order valence-electron chi connectivity index (χ3n) is 3.03. The van der Waals surface area contributed by atoms with E-state index in [0.29, 0.717) is 12.1 Å². The molecule has 0 spiro atoms. The molecule has 2 aliphatic heterocycles. The Morgan fingerprint density at radius 3 is 2.92 bits per heavy atom. The predicted octanol–water partition coefficient (Wildman–Crippen LogP) is 0.0873. The highest BCUT2D eigenvalue weighted by Crippen LogP contribution is 2.31. The monoisotopic (exact) mass is 166 g/mol. The summed E-state index contributed by atoms with van der Waals surface area (Å²) in [5, 5.41) is 0. The molecule has 3 heteroatoms. The molecule has 1 amide bonds. The average molecular weight is 166 g/mol. The molecular weight excluding hydrogens is 152 g/mol. The minimum atomic E-state index is 0.0894. The van der Waals surface area contributed by atoms with Crippen molar-refractivity contribution in [2.45, 2.75) is 18.5 Å². The molecule has 66 valence electrons. The number of nitrogens with zero attached hydrogens (tertiary/aromatic N) is 2. The van der Waals surface area contributed by atoms with Crippen molar-refractivity contribution >= 4 is 5.91 Å².